The standard InChI is InChI=1S/C15H19F3N2O2/c1-13(2,3)22-12(21)20-11-5-4-9(16)6-10(11)14(8-19)7-15(14,17)18/h4-6H,7-8,19H2,1-3H3,(H,20,21). The Morgan fingerprint density at radius 1 is 1.41 bits per heavy atom. The molecule has 1 amide bonds. The van der Waals surface area contributed by atoms with Crippen LogP contribution in [-0.4, -0.2) is 24.2 Å². The fourth-order valence-corrected chi connectivity index (χ4v) is 2.39. The van der Waals surface area contributed by atoms with Crippen LogP contribution in [-0.2, 0) is 10.2 Å². The van der Waals surface area contributed by atoms with Crippen molar-refractivity contribution in [3.05, 3.63) is 29.6 Å². The number of rotatable bonds is 3. The molecule has 0 radical (unpaired) electrons. The van der Waals surface area contributed by atoms with E-state index < -0.39 is 35.3 Å². The first-order valence-electron chi connectivity index (χ1n) is 6.89. The van der Waals surface area contributed by atoms with Gasteiger partial charge in [-0.1, -0.05) is 0 Å². The van der Waals surface area contributed by atoms with Gasteiger partial charge in [0.05, 0.1) is 5.41 Å². The van der Waals surface area contributed by atoms with Crippen molar-refractivity contribution in [1.29, 1.82) is 0 Å². The van der Waals surface area contributed by atoms with Crippen molar-refractivity contribution in [1.82, 2.24) is 0 Å². The van der Waals surface area contributed by atoms with Crippen LogP contribution in [0, 0.1) is 5.82 Å². The highest BCUT2D eigenvalue weighted by molar-refractivity contribution is 5.86. The molecule has 0 aliphatic heterocycles. The molecule has 0 heterocycles. The summed E-state index contributed by atoms with van der Waals surface area (Å²) in [7, 11) is 0. The van der Waals surface area contributed by atoms with Gasteiger partial charge in [0.15, 0.2) is 0 Å². The van der Waals surface area contributed by atoms with E-state index in [0.29, 0.717) is 0 Å². The molecule has 3 N–H and O–H groups in total. The van der Waals surface area contributed by atoms with E-state index in [9.17, 15) is 18.0 Å². The van der Waals surface area contributed by atoms with E-state index in [2.05, 4.69) is 5.32 Å². The molecule has 22 heavy (non-hydrogen) atoms. The van der Waals surface area contributed by atoms with Gasteiger partial charge >= 0.3 is 6.09 Å². The first kappa shape index (κ1) is 16.6. The van der Waals surface area contributed by atoms with Crippen LogP contribution in [0.3, 0.4) is 0 Å². The molecule has 0 spiro atoms. The number of nitrogens with one attached hydrogen (secondary N) is 1. The molecule has 1 aromatic rings. The van der Waals surface area contributed by atoms with Crippen LogP contribution >= 0.6 is 0 Å². The lowest BCUT2D eigenvalue weighted by molar-refractivity contribution is 0.0634. The van der Waals surface area contributed by atoms with Gasteiger partial charge in [0.25, 0.3) is 5.92 Å². The van der Waals surface area contributed by atoms with E-state index in [0.717, 1.165) is 12.1 Å². The minimum Gasteiger partial charge on any atom is -0.444 e. The van der Waals surface area contributed by atoms with Crippen molar-refractivity contribution in [2.45, 2.75) is 44.1 Å². The zero-order valence-corrected chi connectivity index (χ0v) is 12.7. The van der Waals surface area contributed by atoms with Crippen LogP contribution in [0.5, 0.6) is 0 Å². The maximum absolute atomic E-state index is 13.7. The molecule has 7 heteroatoms. The zero-order chi connectivity index (χ0) is 16.8. The van der Waals surface area contributed by atoms with Crippen LogP contribution in [0.15, 0.2) is 18.2 Å². The number of amides is 1. The number of carbonyl (C=O) groups is 1. The number of halogens is 3. The summed E-state index contributed by atoms with van der Waals surface area (Å²) in [6.07, 6.45) is -1.26. The number of anilines is 1. The molecular weight excluding hydrogens is 297 g/mol. The lowest BCUT2D eigenvalue weighted by Gasteiger charge is -2.22. The molecule has 1 unspecified atom stereocenters. The third-order valence-electron chi connectivity index (χ3n) is 3.58. The minimum atomic E-state index is -3.01. The van der Waals surface area contributed by atoms with E-state index in [4.69, 9.17) is 10.5 Å². The SMILES string of the molecule is CC(C)(C)OC(=O)Nc1ccc(F)cc1C1(CN)CC1(F)F. The summed E-state index contributed by atoms with van der Waals surface area (Å²) in [5.74, 6) is -3.68. The highest BCUT2D eigenvalue weighted by Crippen LogP contribution is 2.62. The van der Waals surface area contributed by atoms with E-state index in [1.807, 2.05) is 0 Å². The highest BCUT2D eigenvalue weighted by Gasteiger charge is 2.71. The maximum atomic E-state index is 13.7. The Bertz CT molecular complexity index is 599. The fraction of sp³-hybridized carbons (Fsp3) is 0.533. The van der Waals surface area contributed by atoms with Crippen LogP contribution < -0.4 is 11.1 Å². The maximum Gasteiger partial charge on any atom is 0.412 e. The second-order valence-corrected chi connectivity index (χ2v) is 6.48. The Labute approximate surface area is 126 Å². The first-order chi connectivity index (χ1) is 10.0. The Balaban J connectivity index is 2.32. The number of alkyl halides is 2. The van der Waals surface area contributed by atoms with Crippen molar-refractivity contribution in [3.63, 3.8) is 0 Å². The lowest BCUT2D eigenvalue weighted by Crippen LogP contribution is -2.31. The van der Waals surface area contributed by atoms with Crippen molar-refractivity contribution < 1.29 is 22.7 Å². The van der Waals surface area contributed by atoms with Crippen molar-refractivity contribution in [2.24, 2.45) is 5.73 Å². The number of ether oxygens (including phenoxy) is 1. The second kappa shape index (κ2) is 5.15. The summed E-state index contributed by atoms with van der Waals surface area (Å²) in [4.78, 5) is 11.8. The summed E-state index contributed by atoms with van der Waals surface area (Å²) in [5.41, 5.74) is 3.18. The van der Waals surface area contributed by atoms with Crippen molar-refractivity contribution in [2.75, 3.05) is 11.9 Å². The monoisotopic (exact) mass is 316 g/mol. The molecule has 0 bridgehead atoms. The molecule has 4 nitrogen and oxygen atoms in total. The van der Waals surface area contributed by atoms with Crippen LogP contribution in [0.1, 0.15) is 32.8 Å². The Hall–Kier alpha value is -1.76. The minimum absolute atomic E-state index is 0.00846. The van der Waals surface area contributed by atoms with E-state index in [1.54, 1.807) is 20.8 Å². The van der Waals surface area contributed by atoms with Gasteiger partial charge in [-0.3, -0.25) is 5.32 Å². The van der Waals surface area contributed by atoms with Gasteiger partial charge in [-0.15, -0.1) is 0 Å². The Morgan fingerprint density at radius 3 is 2.45 bits per heavy atom. The summed E-state index contributed by atoms with van der Waals surface area (Å²) in [5, 5.41) is 2.40. The average Bonchev–Trinajstić information content (AvgIpc) is 2.92. The Morgan fingerprint density at radius 2 is 2.00 bits per heavy atom. The van der Waals surface area contributed by atoms with Crippen molar-refractivity contribution in [3.8, 4) is 0 Å². The zero-order valence-electron chi connectivity index (χ0n) is 12.7. The molecule has 1 aliphatic carbocycles. The van der Waals surface area contributed by atoms with Gasteiger partial charge in [0.1, 0.15) is 11.4 Å². The largest absolute Gasteiger partial charge is 0.444 e. The third kappa shape index (κ3) is 3.04. The molecule has 1 atom stereocenters. The molecule has 1 aliphatic rings. The van der Waals surface area contributed by atoms with E-state index >= 15 is 0 Å². The lowest BCUT2D eigenvalue weighted by atomic mass is 9.93. The molecule has 2 rings (SSSR count). The average molecular weight is 316 g/mol. The highest BCUT2D eigenvalue weighted by atomic mass is 19.3. The second-order valence-electron chi connectivity index (χ2n) is 6.48. The van der Waals surface area contributed by atoms with E-state index in [1.165, 1.54) is 6.07 Å². The van der Waals surface area contributed by atoms with E-state index in [-0.39, 0.29) is 17.8 Å². The molecule has 122 valence electrons. The van der Waals surface area contributed by atoms with Gasteiger partial charge in [-0.2, -0.15) is 0 Å². The van der Waals surface area contributed by atoms with Crippen LogP contribution in [0.2, 0.25) is 0 Å². The smallest absolute Gasteiger partial charge is 0.412 e. The molecule has 1 aromatic carbocycles. The topological polar surface area (TPSA) is 64.3 Å². The van der Waals surface area contributed by atoms with Crippen LogP contribution in [0.25, 0.3) is 0 Å². The summed E-state index contributed by atoms with van der Waals surface area (Å²) >= 11 is 0. The predicted octanol–water partition coefficient (Wildman–Crippen LogP) is 3.41. The summed E-state index contributed by atoms with van der Waals surface area (Å²) in [6.45, 7) is 4.68. The molecule has 1 saturated carbocycles. The quantitative estimate of drug-likeness (QED) is 0.898. The predicted molar refractivity (Wildman–Crippen MR) is 76.6 cm³/mol. The molecule has 0 aromatic heterocycles. The van der Waals surface area contributed by atoms with Gasteiger partial charge in [0, 0.05) is 18.7 Å². The summed E-state index contributed by atoms with van der Waals surface area (Å²) < 4.78 is 46.0. The molecular formula is C15H19F3N2O2. The normalized spacial score (nSPS) is 23.0. The summed E-state index contributed by atoms with van der Waals surface area (Å²) in [6, 6.07) is 3.31. The fourth-order valence-electron chi connectivity index (χ4n) is 2.39. The molecule has 1 fully saturated rings. The number of hydrogen-bond acceptors (Lipinski definition) is 3. The third-order valence-corrected chi connectivity index (χ3v) is 3.58. The van der Waals surface area contributed by atoms with Gasteiger partial charge in [-0.05, 0) is 44.5 Å². The molecule has 0 saturated heterocycles. The Kier molecular flexibility index (Phi) is 3.89. The van der Waals surface area contributed by atoms with Gasteiger partial charge in [0.2, 0.25) is 0 Å². The number of nitrogens with two attached hydrogens (primary N) is 1. The van der Waals surface area contributed by atoms with Gasteiger partial charge in [-0.25, -0.2) is 18.0 Å². The number of carbonyl (C=O) groups excluding carboxylic acids is 1. The van der Waals surface area contributed by atoms with Gasteiger partial charge < -0.3 is 10.5 Å². The first-order valence-corrected chi connectivity index (χ1v) is 6.89. The number of benzene rings is 1. The van der Waals surface area contributed by atoms with Crippen molar-refractivity contribution >= 4 is 11.8 Å². The van der Waals surface area contributed by atoms with Crippen LogP contribution in [0.4, 0.5) is 23.7 Å². The number of hydrogen-bond donors (Lipinski definition) is 2.